The van der Waals surface area contributed by atoms with Crippen molar-refractivity contribution in [3.8, 4) is 0 Å². The van der Waals surface area contributed by atoms with E-state index in [1.165, 1.54) is 98.1 Å². The third-order valence-electron chi connectivity index (χ3n) is 12.4. The summed E-state index contributed by atoms with van der Waals surface area (Å²) < 4.78 is 0. The molecule has 0 saturated heterocycles. The van der Waals surface area contributed by atoms with E-state index in [1.54, 1.807) is 0 Å². The Hall–Kier alpha value is -5.22. The average molecular weight is 734 g/mol. The van der Waals surface area contributed by atoms with Crippen molar-refractivity contribution >= 4 is 109 Å². The van der Waals surface area contributed by atoms with E-state index in [-0.39, 0.29) is 17.1 Å². The molecule has 5 heteroatoms. The van der Waals surface area contributed by atoms with Gasteiger partial charge in [0.15, 0.2) is 0 Å². The molecule has 0 amide bonds. The maximum Gasteiger partial charge on any atom is 2.00 e. The predicted molar refractivity (Wildman–Crippen MR) is 222 cm³/mol. The number of aryl methyl sites for hydroxylation is 2. The molecule has 9 aromatic rings. The molecule has 3 aromatic heterocycles. The zero-order valence-corrected chi connectivity index (χ0v) is 31.8. The zero-order valence-electron chi connectivity index (χ0n) is 30.8. The Balaban J connectivity index is 0.00000349. The molecule has 11 rings (SSSR count). The Morgan fingerprint density at radius 2 is 0.887 bits per heavy atom. The van der Waals surface area contributed by atoms with Gasteiger partial charge in [0.05, 0.1) is 22.8 Å². The van der Waals surface area contributed by atoms with Crippen molar-refractivity contribution in [1.82, 2.24) is 19.9 Å². The van der Waals surface area contributed by atoms with Crippen molar-refractivity contribution in [3.05, 3.63) is 107 Å². The topological polar surface area (TPSA) is 54.0 Å². The van der Waals surface area contributed by atoms with Gasteiger partial charge in [-0.05, 0) is 133 Å². The first-order valence-electron chi connectivity index (χ1n) is 19.0. The van der Waals surface area contributed by atoms with Gasteiger partial charge in [0.1, 0.15) is 0 Å². The molecule has 2 aliphatic heterocycles. The van der Waals surface area contributed by atoms with Gasteiger partial charge in [0.25, 0.3) is 0 Å². The molecule has 5 heterocycles. The number of fused-ring (bicyclic) bond motifs is 13. The van der Waals surface area contributed by atoms with Crippen LogP contribution < -0.4 is 9.97 Å². The monoisotopic (exact) mass is 733 g/mol. The van der Waals surface area contributed by atoms with Crippen LogP contribution in [0.2, 0.25) is 0 Å². The van der Waals surface area contributed by atoms with Crippen LogP contribution in [0.4, 0.5) is 0 Å². The Labute approximate surface area is 318 Å². The molecule has 0 fully saturated rings. The summed E-state index contributed by atoms with van der Waals surface area (Å²) in [5.41, 5.74) is 15.6. The van der Waals surface area contributed by atoms with Crippen LogP contribution in [0.15, 0.2) is 72.8 Å². The molecule has 53 heavy (non-hydrogen) atoms. The summed E-state index contributed by atoms with van der Waals surface area (Å²) in [7, 11) is 0. The quantitative estimate of drug-likeness (QED) is 0.133. The van der Waals surface area contributed by atoms with Crippen LogP contribution in [-0.2, 0) is 23.5 Å². The van der Waals surface area contributed by atoms with E-state index in [1.807, 2.05) is 0 Å². The van der Waals surface area contributed by atoms with E-state index in [0.717, 1.165) is 70.5 Å². The number of allylic oxidation sites excluding steroid dienone is 4. The van der Waals surface area contributed by atoms with Gasteiger partial charge in [-0.2, -0.15) is 0 Å². The van der Waals surface area contributed by atoms with Gasteiger partial charge in [-0.3, -0.25) is 0 Å². The fourth-order valence-corrected chi connectivity index (χ4v) is 10.0. The van der Waals surface area contributed by atoms with Crippen molar-refractivity contribution in [3.63, 3.8) is 0 Å². The van der Waals surface area contributed by atoms with Crippen molar-refractivity contribution in [1.29, 1.82) is 0 Å². The zero-order chi connectivity index (χ0) is 35.2. The summed E-state index contributed by atoms with van der Waals surface area (Å²) in [5, 5.41) is 15.7. The van der Waals surface area contributed by atoms with Crippen LogP contribution in [0.25, 0.3) is 109 Å². The summed E-state index contributed by atoms with van der Waals surface area (Å²) in [6.07, 6.45) is 3.63. The number of hydrogen-bond donors (Lipinski definition) is 0. The standard InChI is InChI=1S/C48H38N4.Cu/c1-7-28-23(5)34-19-38-30(9-3)31(10-4)39(51-38)20-35-24(6)29(8-2)37(50-35)22-41-46-33-18-16-27-14-12-25-11-13-26-15-17-32(45(46)40(52-41)21-36(28)49-34)47-43(26)42(25)44(27)48(33)47;/h11-22H,7-10H2,1-6H3;/q-2;+2. The summed E-state index contributed by atoms with van der Waals surface area (Å²) in [6.45, 7) is 13.4. The molecule has 0 aliphatic carbocycles. The fraction of sp³-hybridized carbons (Fsp3) is 0.208. The molecule has 0 spiro atoms. The molecule has 261 valence electrons. The minimum Gasteiger partial charge on any atom is -0.657 e. The maximum atomic E-state index is 5.57. The van der Waals surface area contributed by atoms with E-state index in [4.69, 9.17) is 19.9 Å². The maximum absolute atomic E-state index is 5.57. The molecule has 0 saturated carbocycles. The van der Waals surface area contributed by atoms with Crippen LogP contribution in [-0.4, -0.2) is 9.97 Å². The van der Waals surface area contributed by atoms with Gasteiger partial charge < -0.3 is 9.97 Å². The van der Waals surface area contributed by atoms with Crippen LogP contribution >= 0.6 is 0 Å². The molecule has 2 aliphatic rings. The summed E-state index contributed by atoms with van der Waals surface area (Å²) >= 11 is 0. The van der Waals surface area contributed by atoms with Crippen molar-refractivity contribution < 1.29 is 17.1 Å². The number of benzene rings is 5. The summed E-state index contributed by atoms with van der Waals surface area (Å²) in [4.78, 5) is 21.6. The molecular formula is C48H38CuN4. The smallest absolute Gasteiger partial charge is 0.657 e. The van der Waals surface area contributed by atoms with Gasteiger partial charge in [-0.15, -0.1) is 22.1 Å². The van der Waals surface area contributed by atoms with E-state index >= 15 is 0 Å². The van der Waals surface area contributed by atoms with Crippen LogP contribution in [0.3, 0.4) is 0 Å². The SMILES string of the molecule is CCC1=C(C)c2cc3nc(cc4[n-]c(cc5[n-]c(cc1n2)c1c2ccc6ccc7ccc8ccc(c51)c1c8c7c6c21)c(CC)c4C)C(CC)=C3CC.[Cu+2]. The van der Waals surface area contributed by atoms with Gasteiger partial charge in [0, 0.05) is 0 Å². The van der Waals surface area contributed by atoms with Gasteiger partial charge in [0.2, 0.25) is 0 Å². The molecular weight excluding hydrogens is 696 g/mol. The third-order valence-corrected chi connectivity index (χ3v) is 12.4. The number of aromatic nitrogens is 4. The van der Waals surface area contributed by atoms with Crippen LogP contribution in [0.5, 0.6) is 0 Å². The molecule has 8 bridgehead atoms. The molecule has 0 unspecified atom stereocenters. The second-order valence-corrected chi connectivity index (χ2v) is 14.8. The van der Waals surface area contributed by atoms with Crippen molar-refractivity contribution in [2.45, 2.75) is 67.2 Å². The van der Waals surface area contributed by atoms with E-state index in [0.29, 0.717) is 0 Å². The van der Waals surface area contributed by atoms with E-state index < -0.39 is 0 Å². The molecule has 0 atom stereocenters. The second kappa shape index (κ2) is 11.4. The average Bonchev–Trinajstić information content (AvgIpc) is 3.94. The van der Waals surface area contributed by atoms with Crippen LogP contribution in [0.1, 0.15) is 87.8 Å². The van der Waals surface area contributed by atoms with Crippen molar-refractivity contribution in [2.24, 2.45) is 0 Å². The van der Waals surface area contributed by atoms with Crippen LogP contribution in [0, 0.1) is 6.92 Å². The Kier molecular flexibility index (Phi) is 6.97. The molecule has 0 N–H and O–H groups in total. The predicted octanol–water partition coefficient (Wildman–Crippen LogP) is 12.7. The number of nitrogens with zero attached hydrogens (tertiary/aromatic N) is 4. The fourth-order valence-electron chi connectivity index (χ4n) is 10.0. The first-order chi connectivity index (χ1) is 25.4. The Bertz CT molecular complexity index is 3240. The van der Waals surface area contributed by atoms with Gasteiger partial charge in [-0.1, -0.05) is 106 Å². The van der Waals surface area contributed by atoms with E-state index in [2.05, 4.69) is 114 Å². The minimum absolute atomic E-state index is 0. The van der Waals surface area contributed by atoms with Gasteiger partial charge in [-0.25, -0.2) is 9.97 Å². The normalized spacial score (nSPS) is 13.8. The second-order valence-electron chi connectivity index (χ2n) is 14.8. The Morgan fingerprint density at radius 3 is 1.45 bits per heavy atom. The van der Waals surface area contributed by atoms with Gasteiger partial charge >= 0.3 is 17.1 Å². The first-order valence-corrected chi connectivity index (χ1v) is 19.0. The molecule has 6 aromatic carbocycles. The summed E-state index contributed by atoms with van der Waals surface area (Å²) in [5.74, 6) is 0. The first kappa shape index (κ1) is 32.4. The number of hydrogen-bond acceptors (Lipinski definition) is 2. The molecule has 1 radical (unpaired) electrons. The Morgan fingerprint density at radius 1 is 0.434 bits per heavy atom. The summed E-state index contributed by atoms with van der Waals surface area (Å²) in [6, 6.07) is 27.4. The minimum atomic E-state index is 0. The molecule has 4 nitrogen and oxygen atoms in total. The van der Waals surface area contributed by atoms with E-state index in [9.17, 15) is 0 Å². The largest absolute Gasteiger partial charge is 2.00 e. The van der Waals surface area contributed by atoms with Crippen molar-refractivity contribution in [2.75, 3.05) is 0 Å². The third kappa shape index (κ3) is 4.13. The number of rotatable bonds is 4.